The minimum atomic E-state index is -1.61. The SMILES string of the molecule is O=C(c1ccc(Cl)nc1)c1cc(F)c(F)c(F)c1. The molecular weight excluding hydrogens is 267 g/mol. The van der Waals surface area contributed by atoms with Crippen LogP contribution in [0.15, 0.2) is 30.5 Å². The molecule has 0 unspecified atom stereocenters. The van der Waals surface area contributed by atoms with Gasteiger partial charge in [0.15, 0.2) is 23.2 Å². The molecule has 0 fully saturated rings. The molecule has 0 aliphatic heterocycles. The molecule has 0 amide bonds. The van der Waals surface area contributed by atoms with Crippen LogP contribution >= 0.6 is 11.6 Å². The van der Waals surface area contributed by atoms with E-state index in [9.17, 15) is 18.0 Å². The minimum absolute atomic E-state index is 0.102. The Balaban J connectivity index is 2.43. The van der Waals surface area contributed by atoms with E-state index in [1.807, 2.05) is 0 Å². The number of hydrogen-bond acceptors (Lipinski definition) is 2. The van der Waals surface area contributed by atoms with Crippen LogP contribution in [0.3, 0.4) is 0 Å². The Morgan fingerprint density at radius 2 is 1.67 bits per heavy atom. The van der Waals surface area contributed by atoms with Crippen LogP contribution in [0, 0.1) is 17.5 Å². The molecular formula is C12H5ClF3NO. The van der Waals surface area contributed by atoms with Crippen LogP contribution in [0.2, 0.25) is 5.15 Å². The Morgan fingerprint density at radius 3 is 2.17 bits per heavy atom. The van der Waals surface area contributed by atoms with E-state index < -0.39 is 23.2 Å². The summed E-state index contributed by atoms with van der Waals surface area (Å²) in [7, 11) is 0. The van der Waals surface area contributed by atoms with Crippen molar-refractivity contribution in [3.05, 3.63) is 64.2 Å². The maximum Gasteiger partial charge on any atom is 0.194 e. The van der Waals surface area contributed by atoms with Crippen molar-refractivity contribution < 1.29 is 18.0 Å². The Labute approximate surface area is 105 Å². The maximum atomic E-state index is 13.0. The third-order valence-corrected chi connectivity index (χ3v) is 2.46. The zero-order valence-electron chi connectivity index (χ0n) is 8.75. The van der Waals surface area contributed by atoms with Crippen LogP contribution < -0.4 is 0 Å². The van der Waals surface area contributed by atoms with E-state index in [0.29, 0.717) is 12.1 Å². The first-order valence-corrected chi connectivity index (χ1v) is 5.17. The summed E-state index contributed by atoms with van der Waals surface area (Å²) in [5, 5.41) is 0.183. The highest BCUT2D eigenvalue weighted by Crippen LogP contribution is 2.17. The summed E-state index contributed by atoms with van der Waals surface area (Å²) < 4.78 is 38.7. The van der Waals surface area contributed by atoms with Gasteiger partial charge in [-0.1, -0.05) is 11.6 Å². The predicted molar refractivity (Wildman–Crippen MR) is 59.0 cm³/mol. The van der Waals surface area contributed by atoms with E-state index in [-0.39, 0.29) is 16.3 Å². The van der Waals surface area contributed by atoms with Crippen molar-refractivity contribution in [1.29, 1.82) is 0 Å². The third-order valence-electron chi connectivity index (χ3n) is 2.24. The van der Waals surface area contributed by atoms with E-state index in [1.54, 1.807) is 0 Å². The number of aromatic nitrogens is 1. The summed E-state index contributed by atoms with van der Waals surface area (Å²) in [4.78, 5) is 15.5. The van der Waals surface area contributed by atoms with Gasteiger partial charge >= 0.3 is 0 Å². The van der Waals surface area contributed by atoms with Crippen molar-refractivity contribution in [2.75, 3.05) is 0 Å². The van der Waals surface area contributed by atoms with Gasteiger partial charge in [-0.3, -0.25) is 4.79 Å². The van der Waals surface area contributed by atoms with Crippen LogP contribution in [-0.2, 0) is 0 Å². The van der Waals surface area contributed by atoms with Crippen LogP contribution in [0.1, 0.15) is 15.9 Å². The number of carbonyl (C=O) groups is 1. The van der Waals surface area contributed by atoms with E-state index in [1.165, 1.54) is 18.3 Å². The molecule has 0 saturated heterocycles. The highest BCUT2D eigenvalue weighted by atomic mass is 35.5. The standard InChI is InChI=1S/C12H5ClF3NO/c13-10-2-1-6(5-17-10)12(18)7-3-8(14)11(16)9(15)4-7/h1-5H. The predicted octanol–water partition coefficient (Wildman–Crippen LogP) is 3.38. The molecule has 1 heterocycles. The molecule has 0 N–H and O–H groups in total. The van der Waals surface area contributed by atoms with Crippen LogP contribution in [0.25, 0.3) is 0 Å². The van der Waals surface area contributed by atoms with Gasteiger partial charge in [-0.25, -0.2) is 18.2 Å². The molecule has 0 atom stereocenters. The number of hydrogen-bond donors (Lipinski definition) is 0. The smallest absolute Gasteiger partial charge is 0.194 e. The monoisotopic (exact) mass is 271 g/mol. The quantitative estimate of drug-likeness (QED) is 0.476. The normalized spacial score (nSPS) is 10.4. The molecule has 18 heavy (non-hydrogen) atoms. The summed E-state index contributed by atoms with van der Waals surface area (Å²) >= 11 is 5.54. The molecule has 2 aromatic rings. The number of pyridine rings is 1. The lowest BCUT2D eigenvalue weighted by Crippen LogP contribution is -2.05. The summed E-state index contributed by atoms with van der Waals surface area (Å²) in [6, 6.07) is 3.99. The molecule has 0 saturated carbocycles. The lowest BCUT2D eigenvalue weighted by atomic mass is 10.0. The summed E-state index contributed by atoms with van der Waals surface area (Å²) in [5.41, 5.74) is -0.194. The Hall–Kier alpha value is -1.88. The Kier molecular flexibility index (Phi) is 3.34. The van der Waals surface area contributed by atoms with Gasteiger partial charge in [0.05, 0.1) is 0 Å². The van der Waals surface area contributed by atoms with Crippen molar-refractivity contribution in [2.24, 2.45) is 0 Å². The molecule has 0 radical (unpaired) electrons. The van der Waals surface area contributed by atoms with Gasteiger partial charge in [0, 0.05) is 17.3 Å². The highest BCUT2D eigenvalue weighted by molar-refractivity contribution is 6.29. The maximum absolute atomic E-state index is 13.0. The molecule has 0 aliphatic rings. The fourth-order valence-corrected chi connectivity index (χ4v) is 1.48. The average molecular weight is 272 g/mol. The molecule has 92 valence electrons. The zero-order chi connectivity index (χ0) is 13.3. The number of rotatable bonds is 2. The van der Waals surface area contributed by atoms with Gasteiger partial charge in [-0.2, -0.15) is 0 Å². The van der Waals surface area contributed by atoms with Gasteiger partial charge in [0.25, 0.3) is 0 Å². The van der Waals surface area contributed by atoms with E-state index in [2.05, 4.69) is 4.98 Å². The lowest BCUT2D eigenvalue weighted by molar-refractivity contribution is 0.103. The topological polar surface area (TPSA) is 30.0 Å². The van der Waals surface area contributed by atoms with Gasteiger partial charge in [0.1, 0.15) is 5.15 Å². The van der Waals surface area contributed by atoms with Gasteiger partial charge in [-0.15, -0.1) is 0 Å². The third kappa shape index (κ3) is 2.36. The summed E-state index contributed by atoms with van der Waals surface area (Å²) in [6.45, 7) is 0. The number of benzene rings is 1. The van der Waals surface area contributed by atoms with Crippen LogP contribution in [0.5, 0.6) is 0 Å². The van der Waals surface area contributed by atoms with Gasteiger partial charge in [0.2, 0.25) is 0 Å². The molecule has 2 rings (SSSR count). The highest BCUT2D eigenvalue weighted by Gasteiger charge is 2.16. The Bertz CT molecular complexity index is 590. The van der Waals surface area contributed by atoms with Crippen molar-refractivity contribution >= 4 is 17.4 Å². The van der Waals surface area contributed by atoms with E-state index >= 15 is 0 Å². The minimum Gasteiger partial charge on any atom is -0.289 e. The van der Waals surface area contributed by atoms with Crippen molar-refractivity contribution in [3.63, 3.8) is 0 Å². The second-order valence-electron chi connectivity index (χ2n) is 3.45. The number of carbonyl (C=O) groups excluding carboxylic acids is 1. The summed E-state index contributed by atoms with van der Waals surface area (Å²) in [6.07, 6.45) is 1.17. The Morgan fingerprint density at radius 1 is 1.06 bits per heavy atom. The van der Waals surface area contributed by atoms with Crippen molar-refractivity contribution in [1.82, 2.24) is 4.98 Å². The van der Waals surface area contributed by atoms with Gasteiger partial charge < -0.3 is 0 Å². The molecule has 0 bridgehead atoms. The average Bonchev–Trinajstić information content (AvgIpc) is 2.35. The fourth-order valence-electron chi connectivity index (χ4n) is 1.36. The first kappa shape index (κ1) is 12.6. The second-order valence-corrected chi connectivity index (χ2v) is 3.84. The molecule has 6 heteroatoms. The molecule has 2 nitrogen and oxygen atoms in total. The number of nitrogens with zero attached hydrogens (tertiary/aromatic N) is 1. The molecule has 1 aromatic carbocycles. The second kappa shape index (κ2) is 4.78. The van der Waals surface area contributed by atoms with Crippen molar-refractivity contribution in [2.45, 2.75) is 0 Å². The van der Waals surface area contributed by atoms with Gasteiger partial charge in [-0.05, 0) is 24.3 Å². The fraction of sp³-hybridized carbons (Fsp3) is 0. The molecule has 1 aromatic heterocycles. The first-order chi connectivity index (χ1) is 8.49. The number of halogens is 4. The van der Waals surface area contributed by atoms with Crippen LogP contribution in [0.4, 0.5) is 13.2 Å². The van der Waals surface area contributed by atoms with E-state index in [4.69, 9.17) is 11.6 Å². The largest absolute Gasteiger partial charge is 0.289 e. The zero-order valence-corrected chi connectivity index (χ0v) is 9.51. The van der Waals surface area contributed by atoms with E-state index in [0.717, 1.165) is 0 Å². The van der Waals surface area contributed by atoms with Crippen LogP contribution in [-0.4, -0.2) is 10.8 Å². The van der Waals surface area contributed by atoms with Crippen molar-refractivity contribution in [3.8, 4) is 0 Å². The molecule has 0 spiro atoms. The molecule has 0 aliphatic carbocycles. The first-order valence-electron chi connectivity index (χ1n) is 4.80. The summed E-state index contributed by atoms with van der Waals surface area (Å²) in [5.74, 6) is -5.11. The lowest BCUT2D eigenvalue weighted by Gasteiger charge is -2.02. The number of ketones is 1.